The molecule has 19 heavy (non-hydrogen) atoms. The SMILES string of the molecule is O=C1C[NH+](Cc2cc3c(cc2Br)OCCO3)CCN1. The summed E-state index contributed by atoms with van der Waals surface area (Å²) in [5.41, 5.74) is 1.15. The molecule has 1 amide bonds. The van der Waals surface area contributed by atoms with Gasteiger partial charge in [-0.2, -0.15) is 0 Å². The van der Waals surface area contributed by atoms with E-state index in [2.05, 4.69) is 21.2 Å². The van der Waals surface area contributed by atoms with Crippen LogP contribution < -0.4 is 19.7 Å². The van der Waals surface area contributed by atoms with Crippen molar-refractivity contribution >= 4 is 21.8 Å². The van der Waals surface area contributed by atoms with E-state index in [1.54, 1.807) is 0 Å². The summed E-state index contributed by atoms with van der Waals surface area (Å²) in [6.07, 6.45) is 0. The number of quaternary nitrogens is 1. The number of ether oxygens (including phenoxy) is 2. The predicted molar refractivity (Wildman–Crippen MR) is 72.5 cm³/mol. The molecule has 1 atom stereocenters. The lowest BCUT2D eigenvalue weighted by atomic mass is 10.1. The van der Waals surface area contributed by atoms with Crippen molar-refractivity contribution < 1.29 is 19.2 Å². The van der Waals surface area contributed by atoms with Crippen molar-refractivity contribution in [3.63, 3.8) is 0 Å². The van der Waals surface area contributed by atoms with E-state index in [0.29, 0.717) is 19.8 Å². The van der Waals surface area contributed by atoms with Gasteiger partial charge >= 0.3 is 0 Å². The van der Waals surface area contributed by atoms with Crippen molar-refractivity contribution in [3.8, 4) is 11.5 Å². The highest BCUT2D eigenvalue weighted by Gasteiger charge is 2.22. The van der Waals surface area contributed by atoms with Crippen molar-refractivity contribution in [1.82, 2.24) is 5.32 Å². The molecule has 1 unspecified atom stereocenters. The molecule has 1 saturated heterocycles. The smallest absolute Gasteiger partial charge is 0.275 e. The largest absolute Gasteiger partial charge is 0.486 e. The van der Waals surface area contributed by atoms with Gasteiger partial charge in [-0.3, -0.25) is 4.79 Å². The Morgan fingerprint density at radius 1 is 1.26 bits per heavy atom. The Kier molecular flexibility index (Phi) is 3.61. The van der Waals surface area contributed by atoms with E-state index < -0.39 is 0 Å². The van der Waals surface area contributed by atoms with E-state index in [1.807, 2.05) is 12.1 Å². The van der Waals surface area contributed by atoms with Crippen LogP contribution in [0.2, 0.25) is 0 Å². The first-order chi connectivity index (χ1) is 9.22. The molecule has 3 rings (SSSR count). The van der Waals surface area contributed by atoms with Crippen molar-refractivity contribution in [2.45, 2.75) is 6.54 Å². The third-order valence-electron chi connectivity index (χ3n) is 3.36. The number of carbonyl (C=O) groups excluding carboxylic acids is 1. The van der Waals surface area contributed by atoms with Gasteiger partial charge in [-0.05, 0) is 12.1 Å². The first-order valence-electron chi connectivity index (χ1n) is 6.40. The Morgan fingerprint density at radius 2 is 2.00 bits per heavy atom. The van der Waals surface area contributed by atoms with Crippen LogP contribution in [-0.2, 0) is 11.3 Å². The molecule has 0 spiro atoms. The van der Waals surface area contributed by atoms with Crippen LogP contribution in [0.5, 0.6) is 11.5 Å². The van der Waals surface area contributed by atoms with Gasteiger partial charge in [0.1, 0.15) is 19.8 Å². The highest BCUT2D eigenvalue weighted by molar-refractivity contribution is 9.10. The zero-order chi connectivity index (χ0) is 13.2. The van der Waals surface area contributed by atoms with Gasteiger partial charge in [0.15, 0.2) is 18.0 Å². The molecule has 0 saturated carbocycles. The second kappa shape index (κ2) is 5.38. The van der Waals surface area contributed by atoms with E-state index in [0.717, 1.165) is 41.2 Å². The monoisotopic (exact) mass is 327 g/mol. The highest BCUT2D eigenvalue weighted by Crippen LogP contribution is 2.35. The van der Waals surface area contributed by atoms with Gasteiger partial charge in [0.25, 0.3) is 5.91 Å². The molecule has 0 bridgehead atoms. The van der Waals surface area contributed by atoms with E-state index >= 15 is 0 Å². The molecule has 6 heteroatoms. The molecule has 0 aromatic heterocycles. The zero-order valence-electron chi connectivity index (χ0n) is 10.5. The molecule has 1 aromatic carbocycles. The first kappa shape index (κ1) is 12.7. The summed E-state index contributed by atoms with van der Waals surface area (Å²) in [5.74, 6) is 1.70. The maximum Gasteiger partial charge on any atom is 0.275 e. The summed E-state index contributed by atoms with van der Waals surface area (Å²) in [6.45, 7) is 4.22. The lowest BCUT2D eigenvalue weighted by molar-refractivity contribution is -0.907. The molecule has 1 fully saturated rings. The summed E-state index contributed by atoms with van der Waals surface area (Å²) in [4.78, 5) is 12.7. The summed E-state index contributed by atoms with van der Waals surface area (Å²) in [7, 11) is 0. The quantitative estimate of drug-likeness (QED) is 0.786. The van der Waals surface area contributed by atoms with Crippen LogP contribution in [0, 0.1) is 0 Å². The van der Waals surface area contributed by atoms with E-state index in [-0.39, 0.29) is 5.91 Å². The van der Waals surface area contributed by atoms with Crippen LogP contribution in [0.1, 0.15) is 5.56 Å². The number of piperazine rings is 1. The fourth-order valence-corrected chi connectivity index (χ4v) is 2.88. The van der Waals surface area contributed by atoms with Crippen molar-refractivity contribution in [3.05, 3.63) is 22.2 Å². The van der Waals surface area contributed by atoms with Crippen LogP contribution in [0.15, 0.2) is 16.6 Å². The number of rotatable bonds is 2. The lowest BCUT2D eigenvalue weighted by Crippen LogP contribution is -3.14. The second-order valence-electron chi connectivity index (χ2n) is 4.79. The standard InChI is InChI=1S/C13H15BrN2O3/c14-10-6-12-11(18-3-4-19-12)5-9(10)7-16-2-1-15-13(17)8-16/h5-6H,1-4,7-8H2,(H,15,17)/p+1. The Labute approximate surface area is 120 Å². The summed E-state index contributed by atoms with van der Waals surface area (Å²) >= 11 is 3.57. The minimum absolute atomic E-state index is 0.120. The van der Waals surface area contributed by atoms with Gasteiger partial charge in [0.2, 0.25) is 0 Å². The molecular weight excluding hydrogens is 312 g/mol. The molecule has 102 valence electrons. The molecular formula is C13H16BrN2O3+. The predicted octanol–water partition coefficient (Wildman–Crippen LogP) is -0.265. The Balaban J connectivity index is 1.78. The Morgan fingerprint density at radius 3 is 2.74 bits per heavy atom. The van der Waals surface area contributed by atoms with Gasteiger partial charge in [0, 0.05) is 10.0 Å². The van der Waals surface area contributed by atoms with Crippen molar-refractivity contribution in [2.24, 2.45) is 0 Å². The van der Waals surface area contributed by atoms with Gasteiger partial charge in [-0.15, -0.1) is 0 Å². The molecule has 0 radical (unpaired) electrons. The number of hydrogen-bond acceptors (Lipinski definition) is 3. The van der Waals surface area contributed by atoms with Gasteiger partial charge in [-0.1, -0.05) is 15.9 Å². The fourth-order valence-electron chi connectivity index (χ4n) is 2.42. The van der Waals surface area contributed by atoms with Gasteiger partial charge < -0.3 is 19.7 Å². The first-order valence-corrected chi connectivity index (χ1v) is 7.20. The average molecular weight is 328 g/mol. The van der Waals surface area contributed by atoms with Gasteiger partial charge in [0.05, 0.1) is 13.1 Å². The Bertz CT molecular complexity index is 507. The normalized spacial score (nSPS) is 21.9. The minimum Gasteiger partial charge on any atom is -0.486 e. The molecule has 5 nitrogen and oxygen atoms in total. The number of hydrogen-bond donors (Lipinski definition) is 2. The molecule has 1 aromatic rings. The van der Waals surface area contributed by atoms with Crippen molar-refractivity contribution in [1.29, 1.82) is 0 Å². The van der Waals surface area contributed by atoms with Crippen LogP contribution >= 0.6 is 15.9 Å². The second-order valence-corrected chi connectivity index (χ2v) is 5.65. The number of halogens is 1. The van der Waals surface area contributed by atoms with E-state index in [1.165, 1.54) is 4.90 Å². The van der Waals surface area contributed by atoms with Gasteiger partial charge in [-0.25, -0.2) is 0 Å². The number of nitrogens with one attached hydrogen (secondary N) is 2. The summed E-state index contributed by atoms with van der Waals surface area (Å²) < 4.78 is 12.1. The van der Waals surface area contributed by atoms with Crippen LogP contribution in [0.4, 0.5) is 0 Å². The number of carbonyl (C=O) groups is 1. The topological polar surface area (TPSA) is 52.0 Å². The molecule has 2 aliphatic heterocycles. The molecule has 2 heterocycles. The molecule has 0 aliphatic carbocycles. The summed E-state index contributed by atoms with van der Waals surface area (Å²) in [5, 5.41) is 2.85. The van der Waals surface area contributed by atoms with E-state index in [4.69, 9.17) is 9.47 Å². The van der Waals surface area contributed by atoms with Crippen LogP contribution in [0.3, 0.4) is 0 Å². The number of fused-ring (bicyclic) bond motifs is 1. The molecule has 2 N–H and O–H groups in total. The number of benzene rings is 1. The van der Waals surface area contributed by atoms with Crippen LogP contribution in [-0.4, -0.2) is 38.8 Å². The maximum absolute atomic E-state index is 11.4. The third kappa shape index (κ3) is 2.84. The molecule has 2 aliphatic rings. The lowest BCUT2D eigenvalue weighted by Gasteiger charge is -2.25. The van der Waals surface area contributed by atoms with E-state index in [9.17, 15) is 4.79 Å². The highest BCUT2D eigenvalue weighted by atomic mass is 79.9. The average Bonchev–Trinajstić information content (AvgIpc) is 2.40. The maximum atomic E-state index is 11.4. The van der Waals surface area contributed by atoms with Crippen LogP contribution in [0.25, 0.3) is 0 Å². The van der Waals surface area contributed by atoms with Crippen molar-refractivity contribution in [2.75, 3.05) is 32.8 Å². The fraction of sp³-hybridized carbons (Fsp3) is 0.462. The Hall–Kier alpha value is -1.27. The zero-order valence-corrected chi connectivity index (χ0v) is 12.1. The third-order valence-corrected chi connectivity index (χ3v) is 4.10. The summed E-state index contributed by atoms with van der Waals surface area (Å²) in [6, 6.07) is 3.96. The minimum atomic E-state index is 0.120. The number of amides is 1.